The van der Waals surface area contributed by atoms with Crippen molar-refractivity contribution in [3.05, 3.63) is 47.5 Å². The average Bonchev–Trinajstić information content (AvgIpc) is 3.05. The monoisotopic (exact) mass is 345 g/mol. The first kappa shape index (κ1) is 18.9. The van der Waals surface area contributed by atoms with Gasteiger partial charge in [-0.2, -0.15) is 0 Å². The Morgan fingerprint density at radius 2 is 1.84 bits per heavy atom. The van der Waals surface area contributed by atoms with Crippen LogP contribution in [-0.2, 0) is 19.1 Å². The molecule has 1 aromatic carbocycles. The predicted molar refractivity (Wildman–Crippen MR) is 91.8 cm³/mol. The van der Waals surface area contributed by atoms with Gasteiger partial charge in [-0.15, -0.1) is 0 Å². The fourth-order valence-electron chi connectivity index (χ4n) is 2.56. The summed E-state index contributed by atoms with van der Waals surface area (Å²) < 4.78 is 11.1. The van der Waals surface area contributed by atoms with E-state index >= 15 is 0 Å². The van der Waals surface area contributed by atoms with Crippen molar-refractivity contribution in [3.63, 3.8) is 0 Å². The number of ether oxygens (including phenoxy) is 2. The van der Waals surface area contributed by atoms with Crippen molar-refractivity contribution in [1.29, 1.82) is 0 Å². The molecule has 0 aromatic heterocycles. The maximum Gasteiger partial charge on any atom is 0.338 e. The van der Waals surface area contributed by atoms with Crippen molar-refractivity contribution in [2.45, 2.75) is 45.3 Å². The zero-order valence-electron chi connectivity index (χ0n) is 14.5. The van der Waals surface area contributed by atoms with Crippen LogP contribution in [0.3, 0.4) is 0 Å². The summed E-state index contributed by atoms with van der Waals surface area (Å²) in [5.41, 5.74) is 1.00. The second-order valence-electron chi connectivity index (χ2n) is 6.06. The van der Waals surface area contributed by atoms with Gasteiger partial charge in [0.15, 0.2) is 0 Å². The van der Waals surface area contributed by atoms with Gasteiger partial charge in [-0.05, 0) is 38.3 Å². The van der Waals surface area contributed by atoms with Crippen LogP contribution in [0.25, 0.3) is 0 Å². The smallest absolute Gasteiger partial charge is 0.338 e. The first-order valence-electron chi connectivity index (χ1n) is 8.32. The highest BCUT2D eigenvalue weighted by Crippen LogP contribution is 2.23. The van der Waals surface area contributed by atoms with E-state index in [0.29, 0.717) is 17.6 Å². The topological polar surface area (TPSA) is 81.7 Å². The van der Waals surface area contributed by atoms with Gasteiger partial charge in [0.25, 0.3) is 5.91 Å². The Hall–Kier alpha value is -2.47. The molecule has 0 bridgehead atoms. The number of hydrogen-bond acceptors (Lipinski definition) is 5. The van der Waals surface area contributed by atoms with Gasteiger partial charge >= 0.3 is 5.97 Å². The molecule has 0 spiro atoms. The first-order chi connectivity index (χ1) is 12.0. The number of hydrogen-bond donors (Lipinski definition) is 1. The zero-order chi connectivity index (χ0) is 18.2. The van der Waals surface area contributed by atoms with E-state index in [-0.39, 0.29) is 36.6 Å². The lowest BCUT2D eigenvalue weighted by molar-refractivity contribution is -0.127. The molecule has 2 unspecified atom stereocenters. The minimum absolute atomic E-state index is 0.0134. The van der Waals surface area contributed by atoms with Gasteiger partial charge in [0.2, 0.25) is 5.91 Å². The lowest BCUT2D eigenvalue weighted by Crippen LogP contribution is -2.28. The highest BCUT2D eigenvalue weighted by atomic mass is 16.6. The molecule has 6 heteroatoms. The van der Waals surface area contributed by atoms with Crippen molar-refractivity contribution in [2.75, 3.05) is 6.61 Å². The Balaban J connectivity index is 1.73. The number of benzene rings is 1. The molecule has 1 aliphatic rings. The molecule has 1 saturated heterocycles. The number of imide groups is 1. The Morgan fingerprint density at radius 3 is 2.52 bits per heavy atom. The third kappa shape index (κ3) is 6.15. The van der Waals surface area contributed by atoms with Crippen LogP contribution in [0.15, 0.2) is 42.0 Å². The van der Waals surface area contributed by atoms with Crippen LogP contribution in [0.1, 0.15) is 43.5 Å². The summed E-state index contributed by atoms with van der Waals surface area (Å²) in [6, 6.07) is 8.83. The van der Waals surface area contributed by atoms with Crippen LogP contribution in [0, 0.1) is 0 Å². The molecule has 0 aliphatic carbocycles. The van der Waals surface area contributed by atoms with Crippen LogP contribution < -0.4 is 5.32 Å². The first-order valence-corrected chi connectivity index (χ1v) is 8.32. The Bertz CT molecular complexity index is 653. The molecule has 2 amide bonds. The van der Waals surface area contributed by atoms with Crippen LogP contribution in [0.2, 0.25) is 0 Å². The molecule has 1 aliphatic heterocycles. The molecule has 0 radical (unpaired) electrons. The van der Waals surface area contributed by atoms with E-state index in [9.17, 15) is 14.4 Å². The van der Waals surface area contributed by atoms with Gasteiger partial charge in [-0.1, -0.05) is 24.3 Å². The van der Waals surface area contributed by atoms with Gasteiger partial charge in [0.1, 0.15) is 6.61 Å². The summed E-state index contributed by atoms with van der Waals surface area (Å²) in [6.07, 6.45) is 3.85. The molecule has 2 atom stereocenters. The van der Waals surface area contributed by atoms with Crippen molar-refractivity contribution >= 4 is 17.8 Å². The summed E-state index contributed by atoms with van der Waals surface area (Å²) in [5.74, 6) is -1.13. The SMILES string of the molecule is CC(=O)NC(=O)/C(C)=C\CC1CCC(COC(=O)c2ccccc2)O1. The van der Waals surface area contributed by atoms with Gasteiger partial charge in [0, 0.05) is 12.5 Å². The largest absolute Gasteiger partial charge is 0.459 e. The molecule has 0 saturated carbocycles. The summed E-state index contributed by atoms with van der Waals surface area (Å²) in [6.45, 7) is 3.18. The Kier molecular flexibility index (Phi) is 6.89. The fourth-order valence-corrected chi connectivity index (χ4v) is 2.56. The summed E-state index contributed by atoms with van der Waals surface area (Å²) in [7, 11) is 0. The minimum atomic E-state index is -0.390. The molecule has 1 N–H and O–H groups in total. The number of esters is 1. The van der Waals surface area contributed by atoms with Gasteiger partial charge < -0.3 is 9.47 Å². The van der Waals surface area contributed by atoms with Crippen LogP contribution in [0.4, 0.5) is 0 Å². The van der Waals surface area contributed by atoms with Crippen molar-refractivity contribution in [3.8, 4) is 0 Å². The Labute approximate surface area is 147 Å². The molecular formula is C19H23NO5. The number of rotatable bonds is 6. The number of amides is 2. The van der Waals surface area contributed by atoms with E-state index in [4.69, 9.17) is 9.47 Å². The second kappa shape index (κ2) is 9.13. The molecule has 1 aromatic rings. The maximum atomic E-state index is 11.9. The summed E-state index contributed by atoms with van der Waals surface area (Å²) in [4.78, 5) is 34.4. The number of carbonyl (C=O) groups excluding carboxylic acids is 3. The standard InChI is InChI=1S/C19H23NO5/c1-13(18(22)20-14(2)21)8-9-16-10-11-17(25-16)12-24-19(23)15-6-4-3-5-7-15/h3-8,16-17H,9-12H2,1-2H3,(H,20,21,22)/b13-8-. The van der Waals surface area contributed by atoms with Gasteiger partial charge in [-0.25, -0.2) is 4.79 Å². The third-order valence-electron chi connectivity index (χ3n) is 3.94. The van der Waals surface area contributed by atoms with Gasteiger partial charge in [0.05, 0.1) is 17.8 Å². The van der Waals surface area contributed by atoms with E-state index in [2.05, 4.69) is 5.32 Å². The van der Waals surface area contributed by atoms with E-state index < -0.39 is 0 Å². The summed E-state index contributed by atoms with van der Waals surface area (Å²) >= 11 is 0. The van der Waals surface area contributed by atoms with E-state index in [1.807, 2.05) is 6.07 Å². The second-order valence-corrected chi connectivity index (χ2v) is 6.06. The number of nitrogens with one attached hydrogen (secondary N) is 1. The number of carbonyl (C=O) groups is 3. The van der Waals surface area contributed by atoms with Crippen LogP contribution in [0.5, 0.6) is 0 Å². The molecule has 134 valence electrons. The molecule has 1 heterocycles. The fraction of sp³-hybridized carbons (Fsp3) is 0.421. The van der Waals surface area contributed by atoms with E-state index in [1.165, 1.54) is 6.92 Å². The summed E-state index contributed by atoms with van der Waals surface area (Å²) in [5, 5.41) is 2.23. The van der Waals surface area contributed by atoms with Crippen molar-refractivity contribution in [2.24, 2.45) is 0 Å². The van der Waals surface area contributed by atoms with Crippen LogP contribution >= 0.6 is 0 Å². The molecule has 2 rings (SSSR count). The quantitative estimate of drug-likeness (QED) is 0.632. The average molecular weight is 345 g/mol. The normalized spacial score (nSPS) is 20.2. The lowest BCUT2D eigenvalue weighted by atomic mass is 10.1. The molecule has 6 nitrogen and oxygen atoms in total. The van der Waals surface area contributed by atoms with Crippen LogP contribution in [-0.4, -0.2) is 36.6 Å². The zero-order valence-corrected chi connectivity index (χ0v) is 14.5. The minimum Gasteiger partial charge on any atom is -0.459 e. The predicted octanol–water partition coefficient (Wildman–Crippen LogP) is 2.39. The molecule has 1 fully saturated rings. The molecular weight excluding hydrogens is 322 g/mol. The third-order valence-corrected chi connectivity index (χ3v) is 3.94. The Morgan fingerprint density at radius 1 is 1.16 bits per heavy atom. The molecule has 25 heavy (non-hydrogen) atoms. The van der Waals surface area contributed by atoms with E-state index in [1.54, 1.807) is 37.3 Å². The maximum absolute atomic E-state index is 11.9. The van der Waals surface area contributed by atoms with Gasteiger partial charge in [-0.3, -0.25) is 14.9 Å². The van der Waals surface area contributed by atoms with E-state index in [0.717, 1.165) is 12.8 Å². The lowest BCUT2D eigenvalue weighted by Gasteiger charge is -2.13. The van der Waals surface area contributed by atoms with Crippen molar-refractivity contribution < 1.29 is 23.9 Å². The highest BCUT2D eigenvalue weighted by Gasteiger charge is 2.26. The van der Waals surface area contributed by atoms with Crippen molar-refractivity contribution in [1.82, 2.24) is 5.32 Å². The highest BCUT2D eigenvalue weighted by molar-refractivity contribution is 6.03.